The van der Waals surface area contributed by atoms with E-state index in [0.717, 1.165) is 35.6 Å². The predicted molar refractivity (Wildman–Crippen MR) is 119 cm³/mol. The molecule has 0 fully saturated rings. The quantitative estimate of drug-likeness (QED) is 0.565. The van der Waals surface area contributed by atoms with Crippen LogP contribution in [0.1, 0.15) is 37.8 Å². The number of allylic oxidation sites excluding steroid dienone is 6. The van der Waals surface area contributed by atoms with Gasteiger partial charge in [-0.3, -0.25) is 0 Å². The van der Waals surface area contributed by atoms with Crippen molar-refractivity contribution in [3.05, 3.63) is 77.0 Å². The highest BCUT2D eigenvalue weighted by Gasteiger charge is 2.16. The number of nitrogens with zero attached hydrogens (tertiary/aromatic N) is 2. The first-order valence-electron chi connectivity index (χ1n) is 9.07. The normalized spacial score (nSPS) is 12.4. The van der Waals surface area contributed by atoms with Crippen molar-refractivity contribution in [2.45, 2.75) is 26.7 Å². The SMILES string of the molecule is C#CC.C=C(C)/C=C(/c1ccc(C#N)c(F)c1)N(C)C1=CC=C(OC)CC1.CN. The zero-order valence-electron chi connectivity index (χ0n) is 17.9. The third kappa shape index (κ3) is 8.09. The lowest BCUT2D eigenvalue weighted by Crippen LogP contribution is -2.18. The Morgan fingerprint density at radius 1 is 1.34 bits per heavy atom. The Morgan fingerprint density at radius 3 is 2.38 bits per heavy atom. The first-order valence-corrected chi connectivity index (χ1v) is 9.07. The summed E-state index contributed by atoms with van der Waals surface area (Å²) in [5, 5.41) is 8.90. The van der Waals surface area contributed by atoms with Crippen molar-refractivity contribution in [1.29, 1.82) is 5.26 Å². The lowest BCUT2D eigenvalue weighted by Gasteiger charge is -2.28. The Balaban J connectivity index is 0.00000143. The van der Waals surface area contributed by atoms with Gasteiger partial charge in [0.25, 0.3) is 0 Å². The molecule has 0 amide bonds. The van der Waals surface area contributed by atoms with E-state index in [9.17, 15) is 4.39 Å². The summed E-state index contributed by atoms with van der Waals surface area (Å²) in [6, 6.07) is 6.50. The minimum atomic E-state index is -0.518. The van der Waals surface area contributed by atoms with Gasteiger partial charge in [-0.05, 0) is 57.7 Å². The standard InChI is InChI=1S/C20H21FN2O.C3H4.CH5N/c1-14(2)11-20(15-5-6-16(13-22)19(21)12-15)23(3)17-7-9-18(24-4)10-8-17;1-3-2;1-2/h5-7,9,11-12H,1,8,10H2,2-4H3;1H,2H3;2H2,1H3/b20-11-;;. The topological polar surface area (TPSA) is 62.3 Å². The molecule has 0 saturated heterocycles. The van der Waals surface area contributed by atoms with Crippen LogP contribution in [-0.4, -0.2) is 26.1 Å². The van der Waals surface area contributed by atoms with Gasteiger partial charge < -0.3 is 15.4 Å². The second-order valence-electron chi connectivity index (χ2n) is 6.03. The maximum absolute atomic E-state index is 14.0. The summed E-state index contributed by atoms with van der Waals surface area (Å²) < 4.78 is 19.3. The molecule has 1 aromatic carbocycles. The first kappa shape index (κ1) is 25.7. The van der Waals surface area contributed by atoms with Crippen LogP contribution in [0.5, 0.6) is 0 Å². The van der Waals surface area contributed by atoms with E-state index in [1.165, 1.54) is 19.2 Å². The number of ether oxygens (including phenoxy) is 1. The van der Waals surface area contributed by atoms with Crippen molar-refractivity contribution in [3.8, 4) is 18.4 Å². The number of rotatable bonds is 5. The van der Waals surface area contributed by atoms with E-state index in [-0.39, 0.29) is 5.56 Å². The van der Waals surface area contributed by atoms with E-state index in [0.29, 0.717) is 5.56 Å². The highest BCUT2D eigenvalue weighted by atomic mass is 19.1. The van der Waals surface area contributed by atoms with Gasteiger partial charge in [-0.1, -0.05) is 18.2 Å². The lowest BCUT2D eigenvalue weighted by atomic mass is 10.0. The van der Waals surface area contributed by atoms with Gasteiger partial charge in [-0.25, -0.2) is 4.39 Å². The van der Waals surface area contributed by atoms with E-state index >= 15 is 0 Å². The molecule has 29 heavy (non-hydrogen) atoms. The van der Waals surface area contributed by atoms with Gasteiger partial charge in [-0.15, -0.1) is 12.3 Å². The van der Waals surface area contributed by atoms with Crippen molar-refractivity contribution >= 4 is 5.70 Å². The van der Waals surface area contributed by atoms with Crippen LogP contribution in [0, 0.1) is 29.5 Å². The summed E-state index contributed by atoms with van der Waals surface area (Å²) in [5.41, 5.74) is 8.06. The van der Waals surface area contributed by atoms with Crippen LogP contribution in [0.4, 0.5) is 4.39 Å². The molecule has 0 spiro atoms. The second kappa shape index (κ2) is 13.8. The van der Waals surface area contributed by atoms with Crippen LogP contribution < -0.4 is 5.73 Å². The minimum Gasteiger partial charge on any atom is -0.501 e. The average molecular weight is 396 g/mol. The molecule has 0 aliphatic heterocycles. The molecule has 0 aromatic heterocycles. The molecule has 0 radical (unpaired) electrons. The lowest BCUT2D eigenvalue weighted by molar-refractivity contribution is 0.273. The fourth-order valence-corrected chi connectivity index (χ4v) is 2.58. The van der Waals surface area contributed by atoms with Crippen molar-refractivity contribution in [2.75, 3.05) is 21.2 Å². The van der Waals surface area contributed by atoms with Gasteiger partial charge >= 0.3 is 0 Å². The van der Waals surface area contributed by atoms with Gasteiger partial charge in [0.2, 0.25) is 0 Å². The van der Waals surface area contributed by atoms with E-state index in [4.69, 9.17) is 10.00 Å². The minimum absolute atomic E-state index is 0.0422. The van der Waals surface area contributed by atoms with Crippen LogP contribution in [0.2, 0.25) is 0 Å². The molecule has 2 N–H and O–H groups in total. The highest BCUT2D eigenvalue weighted by Crippen LogP contribution is 2.29. The third-order valence-corrected chi connectivity index (χ3v) is 3.91. The maximum atomic E-state index is 14.0. The molecule has 1 aliphatic rings. The average Bonchev–Trinajstić information content (AvgIpc) is 2.73. The Morgan fingerprint density at radius 2 is 1.97 bits per heavy atom. The molecular formula is C24H30FN3O. The molecule has 1 aliphatic carbocycles. The van der Waals surface area contributed by atoms with Crippen LogP contribution in [-0.2, 0) is 4.74 Å². The zero-order valence-corrected chi connectivity index (χ0v) is 17.9. The second-order valence-corrected chi connectivity index (χ2v) is 6.03. The van der Waals surface area contributed by atoms with Gasteiger partial charge in [0, 0.05) is 30.4 Å². The molecule has 5 heteroatoms. The van der Waals surface area contributed by atoms with Crippen molar-refractivity contribution in [2.24, 2.45) is 5.73 Å². The Kier molecular flexibility index (Phi) is 12.3. The maximum Gasteiger partial charge on any atom is 0.141 e. The Labute approximate surface area is 174 Å². The highest BCUT2D eigenvalue weighted by molar-refractivity contribution is 5.68. The van der Waals surface area contributed by atoms with Crippen LogP contribution in [0.3, 0.4) is 0 Å². The smallest absolute Gasteiger partial charge is 0.141 e. The number of hydrogen-bond donors (Lipinski definition) is 1. The van der Waals surface area contributed by atoms with Gasteiger partial charge in [0.15, 0.2) is 0 Å². The van der Waals surface area contributed by atoms with E-state index in [1.54, 1.807) is 20.1 Å². The largest absolute Gasteiger partial charge is 0.501 e. The van der Waals surface area contributed by atoms with Gasteiger partial charge in [0.05, 0.1) is 18.4 Å². The van der Waals surface area contributed by atoms with Crippen molar-refractivity contribution < 1.29 is 9.13 Å². The number of halogens is 1. The van der Waals surface area contributed by atoms with Crippen molar-refractivity contribution in [1.82, 2.24) is 4.90 Å². The van der Waals surface area contributed by atoms with Crippen LogP contribution in [0.25, 0.3) is 5.70 Å². The van der Waals surface area contributed by atoms with Crippen LogP contribution >= 0.6 is 0 Å². The number of benzene rings is 1. The first-order chi connectivity index (χ1) is 13.9. The Hall–Kier alpha value is -3.28. The number of nitriles is 1. The number of methoxy groups -OCH3 is 1. The van der Waals surface area contributed by atoms with E-state index in [2.05, 4.69) is 24.7 Å². The molecule has 0 heterocycles. The molecule has 0 unspecified atom stereocenters. The summed E-state index contributed by atoms with van der Waals surface area (Å²) in [5.74, 6) is 2.68. The summed E-state index contributed by atoms with van der Waals surface area (Å²) in [7, 11) is 5.11. The molecular weight excluding hydrogens is 365 g/mol. The monoisotopic (exact) mass is 395 g/mol. The third-order valence-electron chi connectivity index (χ3n) is 3.91. The molecule has 1 aromatic rings. The van der Waals surface area contributed by atoms with Gasteiger partial charge in [0.1, 0.15) is 11.9 Å². The number of terminal acetylenes is 1. The zero-order chi connectivity index (χ0) is 22.4. The van der Waals surface area contributed by atoms with Crippen molar-refractivity contribution in [3.63, 3.8) is 0 Å². The number of nitrogens with two attached hydrogens (primary N) is 1. The molecule has 0 bridgehead atoms. The fourth-order valence-electron chi connectivity index (χ4n) is 2.58. The summed E-state index contributed by atoms with van der Waals surface area (Å²) in [6.45, 7) is 7.48. The van der Waals surface area contributed by atoms with Gasteiger partial charge in [-0.2, -0.15) is 5.26 Å². The fraction of sp³-hybridized carbons (Fsp3) is 0.292. The molecule has 4 nitrogen and oxygen atoms in total. The van der Waals surface area contributed by atoms with Crippen LogP contribution in [0.15, 0.2) is 60.0 Å². The van der Waals surface area contributed by atoms with E-state index < -0.39 is 5.82 Å². The molecule has 0 saturated carbocycles. The Bertz CT molecular complexity index is 867. The predicted octanol–water partition coefficient (Wildman–Crippen LogP) is 4.97. The summed E-state index contributed by atoms with van der Waals surface area (Å²) >= 11 is 0. The van der Waals surface area contributed by atoms with E-state index in [1.807, 2.05) is 43.2 Å². The molecule has 0 atom stereocenters. The summed E-state index contributed by atoms with van der Waals surface area (Å²) in [6.07, 6.45) is 12.1. The number of hydrogen-bond acceptors (Lipinski definition) is 4. The summed E-state index contributed by atoms with van der Waals surface area (Å²) in [4.78, 5) is 2.03. The molecule has 154 valence electrons. The molecule has 2 rings (SSSR count).